The highest BCUT2D eigenvalue weighted by Gasteiger charge is 2.15. The van der Waals surface area contributed by atoms with Crippen molar-refractivity contribution in [3.63, 3.8) is 0 Å². The summed E-state index contributed by atoms with van der Waals surface area (Å²) in [5.41, 5.74) is 3.78. The van der Waals surface area contributed by atoms with Crippen LogP contribution in [0.2, 0.25) is 0 Å². The topological polar surface area (TPSA) is 12.5 Å². The molecule has 1 aromatic carbocycles. The number of ether oxygens (including phenoxy) is 1. The van der Waals surface area contributed by atoms with Gasteiger partial charge in [0, 0.05) is 31.3 Å². The molecule has 0 spiro atoms. The van der Waals surface area contributed by atoms with E-state index in [9.17, 15) is 0 Å². The smallest absolute Gasteiger partial charge is 0.0721 e. The Balaban J connectivity index is 2.17. The van der Waals surface area contributed by atoms with Crippen molar-refractivity contribution >= 4 is 17.3 Å². The van der Waals surface area contributed by atoms with Crippen LogP contribution in [0.1, 0.15) is 24.5 Å². The average Bonchev–Trinajstić information content (AvgIpc) is 2.54. The van der Waals surface area contributed by atoms with E-state index in [1.165, 1.54) is 16.8 Å². The second-order valence-corrected chi connectivity index (χ2v) is 4.99. The lowest BCUT2D eigenvalue weighted by molar-refractivity contribution is 0.0821. The second-order valence-electron chi connectivity index (χ2n) is 4.73. The third kappa shape index (κ3) is 3.14. The molecule has 1 aliphatic heterocycles. The van der Waals surface area contributed by atoms with Crippen LogP contribution in [0.3, 0.4) is 0 Å². The van der Waals surface area contributed by atoms with E-state index >= 15 is 0 Å². The molecular formula is C14H20ClNO. The lowest BCUT2D eigenvalue weighted by Gasteiger charge is -2.25. The van der Waals surface area contributed by atoms with Gasteiger partial charge in [-0.15, -0.1) is 11.6 Å². The van der Waals surface area contributed by atoms with Crippen molar-refractivity contribution in [1.82, 2.24) is 0 Å². The summed E-state index contributed by atoms with van der Waals surface area (Å²) in [7, 11) is 0. The average molecular weight is 254 g/mol. The molecule has 0 bridgehead atoms. The number of rotatable bonds is 2. The molecule has 1 heterocycles. The van der Waals surface area contributed by atoms with Crippen LogP contribution in [0.4, 0.5) is 5.69 Å². The summed E-state index contributed by atoms with van der Waals surface area (Å²) in [6.45, 7) is 7.18. The van der Waals surface area contributed by atoms with Crippen molar-refractivity contribution in [3.05, 3.63) is 29.3 Å². The lowest BCUT2D eigenvalue weighted by Crippen LogP contribution is -2.30. The van der Waals surface area contributed by atoms with Crippen molar-refractivity contribution < 1.29 is 4.74 Å². The van der Waals surface area contributed by atoms with Gasteiger partial charge in [-0.05, 0) is 43.5 Å². The predicted octanol–water partition coefficient (Wildman–Crippen LogP) is 3.35. The quantitative estimate of drug-likeness (QED) is 0.750. The molecule has 0 amide bonds. The highest BCUT2D eigenvalue weighted by Crippen LogP contribution is 2.22. The van der Waals surface area contributed by atoms with Gasteiger partial charge in [0.25, 0.3) is 0 Å². The molecule has 1 aromatic rings. The Kier molecular flexibility index (Phi) is 4.30. The van der Waals surface area contributed by atoms with Crippen LogP contribution in [-0.2, 0) is 10.6 Å². The largest absolute Gasteiger partial charge is 0.377 e. The van der Waals surface area contributed by atoms with E-state index in [4.69, 9.17) is 16.3 Å². The minimum Gasteiger partial charge on any atom is -0.377 e. The molecule has 3 heteroatoms. The summed E-state index contributed by atoms with van der Waals surface area (Å²) in [5, 5.41) is 0. The van der Waals surface area contributed by atoms with E-state index in [0.29, 0.717) is 12.0 Å². The van der Waals surface area contributed by atoms with Gasteiger partial charge in [-0.2, -0.15) is 0 Å². The molecule has 2 nitrogen and oxygen atoms in total. The van der Waals surface area contributed by atoms with Gasteiger partial charge in [-0.3, -0.25) is 0 Å². The van der Waals surface area contributed by atoms with Crippen LogP contribution >= 0.6 is 11.6 Å². The zero-order valence-electron chi connectivity index (χ0n) is 10.6. The van der Waals surface area contributed by atoms with Gasteiger partial charge in [-0.25, -0.2) is 0 Å². The highest BCUT2D eigenvalue weighted by atomic mass is 35.5. The summed E-state index contributed by atoms with van der Waals surface area (Å²) < 4.78 is 5.67. The van der Waals surface area contributed by atoms with Crippen molar-refractivity contribution in [3.8, 4) is 0 Å². The van der Waals surface area contributed by atoms with E-state index in [-0.39, 0.29) is 0 Å². The summed E-state index contributed by atoms with van der Waals surface area (Å²) in [6.07, 6.45) is 1.41. The summed E-state index contributed by atoms with van der Waals surface area (Å²) >= 11 is 5.89. The SMILES string of the molecule is Cc1cc(N2CCCOC(C)C2)ccc1CCl. The van der Waals surface area contributed by atoms with Crippen LogP contribution in [0.15, 0.2) is 18.2 Å². The molecule has 0 N–H and O–H groups in total. The number of alkyl halides is 1. The lowest BCUT2D eigenvalue weighted by atomic mass is 10.1. The monoisotopic (exact) mass is 253 g/mol. The fourth-order valence-corrected chi connectivity index (χ4v) is 2.56. The molecular weight excluding hydrogens is 234 g/mol. The van der Waals surface area contributed by atoms with Crippen molar-refractivity contribution in [1.29, 1.82) is 0 Å². The molecule has 1 aliphatic rings. The van der Waals surface area contributed by atoms with Gasteiger partial charge in [0.05, 0.1) is 6.10 Å². The van der Waals surface area contributed by atoms with Crippen molar-refractivity contribution in [2.45, 2.75) is 32.3 Å². The molecule has 17 heavy (non-hydrogen) atoms. The number of benzene rings is 1. The van der Waals surface area contributed by atoms with Gasteiger partial charge in [0.15, 0.2) is 0 Å². The first-order chi connectivity index (χ1) is 8.20. The summed E-state index contributed by atoms with van der Waals surface area (Å²) in [4.78, 5) is 2.41. The van der Waals surface area contributed by atoms with Crippen LogP contribution < -0.4 is 4.90 Å². The number of halogens is 1. The minimum atomic E-state index is 0.311. The van der Waals surface area contributed by atoms with Gasteiger partial charge >= 0.3 is 0 Å². The fourth-order valence-electron chi connectivity index (χ4n) is 2.26. The van der Waals surface area contributed by atoms with Gasteiger partial charge < -0.3 is 9.64 Å². The Hall–Kier alpha value is -0.730. The first kappa shape index (κ1) is 12.7. The molecule has 1 unspecified atom stereocenters. The standard InChI is InChI=1S/C14H20ClNO/c1-11-8-14(5-4-13(11)9-15)16-6-3-7-17-12(2)10-16/h4-5,8,12H,3,6-7,9-10H2,1-2H3. The molecule has 2 rings (SSSR count). The number of hydrogen-bond acceptors (Lipinski definition) is 2. The van der Waals surface area contributed by atoms with Crippen LogP contribution in [0, 0.1) is 6.92 Å². The molecule has 0 aromatic heterocycles. The fraction of sp³-hybridized carbons (Fsp3) is 0.571. The Morgan fingerprint density at radius 2 is 2.29 bits per heavy atom. The highest BCUT2D eigenvalue weighted by molar-refractivity contribution is 6.17. The van der Waals surface area contributed by atoms with Gasteiger partial charge in [0.1, 0.15) is 0 Å². The number of hydrogen-bond donors (Lipinski definition) is 0. The maximum Gasteiger partial charge on any atom is 0.0721 e. The van der Waals surface area contributed by atoms with Gasteiger partial charge in [-0.1, -0.05) is 6.07 Å². The first-order valence-corrected chi connectivity index (χ1v) is 6.76. The number of aryl methyl sites for hydroxylation is 1. The Morgan fingerprint density at radius 1 is 1.47 bits per heavy atom. The second kappa shape index (κ2) is 5.74. The molecule has 1 fully saturated rings. The Morgan fingerprint density at radius 3 is 3.00 bits per heavy atom. The maximum absolute atomic E-state index is 5.89. The Bertz CT molecular complexity index is 380. The Labute approximate surface area is 109 Å². The van der Waals surface area contributed by atoms with Gasteiger partial charge in [0.2, 0.25) is 0 Å². The van der Waals surface area contributed by atoms with E-state index in [2.05, 4.69) is 36.9 Å². The molecule has 1 saturated heterocycles. The molecule has 94 valence electrons. The zero-order valence-corrected chi connectivity index (χ0v) is 11.3. The predicted molar refractivity (Wildman–Crippen MR) is 73.0 cm³/mol. The van der Waals surface area contributed by atoms with Crippen LogP contribution in [-0.4, -0.2) is 25.8 Å². The maximum atomic E-state index is 5.89. The number of nitrogens with zero attached hydrogens (tertiary/aromatic N) is 1. The number of anilines is 1. The normalized spacial score (nSPS) is 21.4. The third-order valence-corrected chi connectivity index (χ3v) is 3.58. The van der Waals surface area contributed by atoms with E-state index < -0.39 is 0 Å². The zero-order chi connectivity index (χ0) is 12.3. The molecule has 0 aliphatic carbocycles. The molecule has 0 radical (unpaired) electrons. The van der Waals surface area contributed by atoms with Crippen molar-refractivity contribution in [2.24, 2.45) is 0 Å². The van der Waals surface area contributed by atoms with E-state index in [0.717, 1.165) is 26.1 Å². The molecule has 0 saturated carbocycles. The van der Waals surface area contributed by atoms with Crippen LogP contribution in [0.25, 0.3) is 0 Å². The first-order valence-electron chi connectivity index (χ1n) is 6.22. The van der Waals surface area contributed by atoms with E-state index in [1.54, 1.807) is 0 Å². The third-order valence-electron chi connectivity index (χ3n) is 3.29. The van der Waals surface area contributed by atoms with E-state index in [1.807, 2.05) is 0 Å². The van der Waals surface area contributed by atoms with Crippen molar-refractivity contribution in [2.75, 3.05) is 24.6 Å². The summed E-state index contributed by atoms with van der Waals surface area (Å²) in [6, 6.07) is 6.53. The van der Waals surface area contributed by atoms with Crippen LogP contribution in [0.5, 0.6) is 0 Å². The summed E-state index contributed by atoms with van der Waals surface area (Å²) in [5.74, 6) is 0.589. The minimum absolute atomic E-state index is 0.311. The molecule has 1 atom stereocenters.